The van der Waals surface area contributed by atoms with E-state index in [1.54, 1.807) is 42.0 Å². The molecule has 0 radical (unpaired) electrons. The van der Waals surface area contributed by atoms with E-state index in [9.17, 15) is 18.0 Å². The molecule has 1 aliphatic rings. The van der Waals surface area contributed by atoms with Gasteiger partial charge in [-0.2, -0.15) is 4.98 Å². The molecule has 1 amide bonds. The number of ether oxygens (including phenoxy) is 1. The number of nitrogens with two attached hydrogens (primary N) is 1. The predicted molar refractivity (Wildman–Crippen MR) is 117 cm³/mol. The number of hydrogen-bond donors (Lipinski definition) is 1. The third-order valence-electron chi connectivity index (χ3n) is 5.80. The Morgan fingerprint density at radius 1 is 1.15 bits per heavy atom. The molecule has 1 atom stereocenters. The number of nitrogen functional groups attached to an aromatic ring is 1. The molecular weight excluding hydrogens is 449 g/mol. The molecule has 2 N–H and O–H groups in total. The average molecular weight is 468 g/mol. The highest BCUT2D eigenvalue weighted by Gasteiger charge is 2.35. The van der Waals surface area contributed by atoms with Gasteiger partial charge in [0.05, 0.1) is 17.3 Å². The fourth-order valence-electron chi connectivity index (χ4n) is 4.18. The van der Waals surface area contributed by atoms with Crippen molar-refractivity contribution in [2.75, 3.05) is 12.3 Å². The number of rotatable bonds is 4. The van der Waals surface area contributed by atoms with Crippen molar-refractivity contribution in [2.24, 2.45) is 0 Å². The number of alkyl halides is 3. The molecule has 34 heavy (non-hydrogen) atoms. The van der Waals surface area contributed by atoms with Crippen molar-refractivity contribution in [3.8, 4) is 16.9 Å². The molecule has 11 heteroatoms. The van der Waals surface area contributed by atoms with E-state index >= 15 is 0 Å². The molecule has 0 spiro atoms. The van der Waals surface area contributed by atoms with Gasteiger partial charge in [-0.25, -0.2) is 4.52 Å². The van der Waals surface area contributed by atoms with Crippen molar-refractivity contribution in [1.29, 1.82) is 0 Å². The first-order chi connectivity index (χ1) is 16.2. The number of amides is 1. The van der Waals surface area contributed by atoms with E-state index in [0.29, 0.717) is 35.4 Å². The first-order valence-electron chi connectivity index (χ1n) is 10.5. The molecule has 174 valence electrons. The van der Waals surface area contributed by atoms with Crippen LogP contribution in [0, 0.1) is 0 Å². The highest BCUT2D eigenvalue weighted by Crippen LogP contribution is 2.35. The van der Waals surface area contributed by atoms with Crippen LogP contribution in [-0.4, -0.2) is 43.3 Å². The van der Waals surface area contributed by atoms with Gasteiger partial charge in [0.2, 0.25) is 5.95 Å². The number of nitrogens with zero attached hydrogens (tertiary/aromatic N) is 5. The van der Waals surface area contributed by atoms with Gasteiger partial charge in [0.25, 0.3) is 5.91 Å². The zero-order valence-corrected chi connectivity index (χ0v) is 18.0. The van der Waals surface area contributed by atoms with E-state index in [1.807, 2.05) is 6.07 Å². The van der Waals surface area contributed by atoms with Crippen LogP contribution >= 0.6 is 0 Å². The van der Waals surface area contributed by atoms with Gasteiger partial charge in [-0.3, -0.25) is 9.78 Å². The molecule has 1 unspecified atom stereocenters. The smallest absolute Gasteiger partial charge is 0.405 e. The molecule has 0 aliphatic carbocycles. The SMILES string of the molecule is CC(c1ccccc1OC(F)(F)F)N1CCc2ncc(-c3ccn4nc(N)nc4c3)cc2C1=O. The maximum absolute atomic E-state index is 13.4. The van der Waals surface area contributed by atoms with E-state index in [4.69, 9.17) is 5.73 Å². The zero-order chi connectivity index (χ0) is 24.0. The highest BCUT2D eigenvalue weighted by atomic mass is 19.4. The molecule has 0 saturated carbocycles. The Balaban J connectivity index is 1.47. The number of halogens is 3. The summed E-state index contributed by atoms with van der Waals surface area (Å²) in [5, 5.41) is 4.04. The number of fused-ring (bicyclic) bond motifs is 2. The summed E-state index contributed by atoms with van der Waals surface area (Å²) in [5.41, 5.74) is 9.00. The normalized spacial score (nSPS) is 14.8. The summed E-state index contributed by atoms with van der Waals surface area (Å²) in [5.74, 6) is -0.484. The molecule has 1 aromatic carbocycles. The maximum Gasteiger partial charge on any atom is 0.573 e. The van der Waals surface area contributed by atoms with Gasteiger partial charge in [0.15, 0.2) is 5.65 Å². The Kier molecular flexibility index (Phi) is 5.11. The standard InChI is InChI=1S/C23H19F3N6O2/c1-13(16-4-2-3-5-19(16)34-23(24,25)26)31-8-7-18-17(21(31)33)10-15(12-28-18)14-6-9-32-20(11-14)29-22(27)30-32/h2-6,9-13H,7-8H2,1H3,(H2,27,30). The van der Waals surface area contributed by atoms with Crippen molar-refractivity contribution in [2.45, 2.75) is 25.7 Å². The van der Waals surface area contributed by atoms with Crippen LogP contribution in [0.1, 0.15) is 34.6 Å². The quantitative estimate of drug-likeness (QED) is 0.486. The third kappa shape index (κ3) is 4.00. The lowest BCUT2D eigenvalue weighted by Crippen LogP contribution is -2.40. The molecule has 0 bridgehead atoms. The topological polar surface area (TPSA) is 98.6 Å². The number of carbonyl (C=O) groups is 1. The number of pyridine rings is 2. The monoisotopic (exact) mass is 468 g/mol. The second kappa shape index (κ2) is 8.01. The minimum atomic E-state index is -4.83. The van der Waals surface area contributed by atoms with Crippen LogP contribution in [0.3, 0.4) is 0 Å². The summed E-state index contributed by atoms with van der Waals surface area (Å²) in [6, 6.07) is 10.5. The summed E-state index contributed by atoms with van der Waals surface area (Å²) in [6.45, 7) is 2.01. The summed E-state index contributed by atoms with van der Waals surface area (Å²) in [6.07, 6.45) is -0.957. The Bertz CT molecular complexity index is 1400. The Hall–Kier alpha value is -4.15. The molecule has 4 heterocycles. The number of benzene rings is 1. The van der Waals surface area contributed by atoms with Crippen molar-refractivity contribution < 1.29 is 22.7 Å². The zero-order valence-electron chi connectivity index (χ0n) is 18.0. The summed E-state index contributed by atoms with van der Waals surface area (Å²) >= 11 is 0. The van der Waals surface area contributed by atoms with Crippen molar-refractivity contribution in [1.82, 2.24) is 24.5 Å². The van der Waals surface area contributed by atoms with Crippen LogP contribution in [-0.2, 0) is 6.42 Å². The van der Waals surface area contributed by atoms with Crippen LogP contribution in [0.25, 0.3) is 16.8 Å². The molecular formula is C23H19F3N6O2. The Morgan fingerprint density at radius 2 is 1.94 bits per heavy atom. The summed E-state index contributed by atoms with van der Waals surface area (Å²) in [7, 11) is 0. The molecule has 5 rings (SSSR count). The molecule has 0 saturated heterocycles. The largest absolute Gasteiger partial charge is 0.573 e. The van der Waals surface area contributed by atoms with E-state index in [0.717, 1.165) is 5.56 Å². The fourth-order valence-corrected chi connectivity index (χ4v) is 4.18. The second-order valence-corrected chi connectivity index (χ2v) is 7.92. The highest BCUT2D eigenvalue weighted by molar-refractivity contribution is 5.97. The molecule has 1 aliphatic heterocycles. The van der Waals surface area contributed by atoms with Gasteiger partial charge in [0.1, 0.15) is 5.75 Å². The minimum Gasteiger partial charge on any atom is -0.405 e. The molecule has 3 aromatic heterocycles. The van der Waals surface area contributed by atoms with Crippen LogP contribution in [0.15, 0.2) is 54.9 Å². The maximum atomic E-state index is 13.4. The van der Waals surface area contributed by atoms with E-state index in [1.165, 1.54) is 23.1 Å². The lowest BCUT2D eigenvalue weighted by Gasteiger charge is -2.34. The molecule has 8 nitrogen and oxygen atoms in total. The Labute approximate surface area is 191 Å². The van der Waals surface area contributed by atoms with E-state index in [2.05, 4.69) is 19.8 Å². The lowest BCUT2D eigenvalue weighted by molar-refractivity contribution is -0.275. The van der Waals surface area contributed by atoms with E-state index < -0.39 is 12.4 Å². The first kappa shape index (κ1) is 21.7. The van der Waals surface area contributed by atoms with Gasteiger partial charge in [-0.05, 0) is 36.8 Å². The van der Waals surface area contributed by atoms with Crippen LogP contribution in [0.4, 0.5) is 19.1 Å². The second-order valence-electron chi connectivity index (χ2n) is 7.92. The molecule has 4 aromatic rings. The van der Waals surface area contributed by atoms with Crippen molar-refractivity contribution >= 4 is 17.5 Å². The van der Waals surface area contributed by atoms with Gasteiger partial charge >= 0.3 is 6.36 Å². The summed E-state index contributed by atoms with van der Waals surface area (Å²) < 4.78 is 44.4. The van der Waals surface area contributed by atoms with Gasteiger partial charge < -0.3 is 15.4 Å². The van der Waals surface area contributed by atoms with E-state index in [-0.39, 0.29) is 23.2 Å². The van der Waals surface area contributed by atoms with Gasteiger partial charge in [0, 0.05) is 36.5 Å². The lowest BCUT2D eigenvalue weighted by atomic mass is 9.97. The van der Waals surface area contributed by atoms with Gasteiger partial charge in [-0.15, -0.1) is 18.3 Å². The number of anilines is 1. The van der Waals surface area contributed by atoms with Crippen LogP contribution in [0.5, 0.6) is 5.75 Å². The first-order valence-corrected chi connectivity index (χ1v) is 10.5. The van der Waals surface area contributed by atoms with Crippen molar-refractivity contribution in [3.63, 3.8) is 0 Å². The van der Waals surface area contributed by atoms with Crippen LogP contribution < -0.4 is 10.5 Å². The Morgan fingerprint density at radius 3 is 2.74 bits per heavy atom. The average Bonchev–Trinajstić information content (AvgIpc) is 3.17. The number of aromatic nitrogens is 4. The minimum absolute atomic E-state index is 0.148. The predicted octanol–water partition coefficient (Wildman–Crippen LogP) is 4.03. The molecule has 0 fully saturated rings. The number of hydrogen-bond acceptors (Lipinski definition) is 6. The fraction of sp³-hybridized carbons (Fsp3) is 0.217. The summed E-state index contributed by atoms with van der Waals surface area (Å²) in [4.78, 5) is 23.6. The third-order valence-corrected chi connectivity index (χ3v) is 5.80. The number of carbonyl (C=O) groups excluding carboxylic acids is 1. The van der Waals surface area contributed by atoms with Crippen LogP contribution in [0.2, 0.25) is 0 Å². The van der Waals surface area contributed by atoms with Gasteiger partial charge in [-0.1, -0.05) is 18.2 Å². The number of para-hydroxylation sites is 1. The van der Waals surface area contributed by atoms with Crippen molar-refractivity contribution in [3.05, 3.63) is 71.7 Å².